The van der Waals surface area contributed by atoms with E-state index in [-0.39, 0.29) is 29.5 Å². The van der Waals surface area contributed by atoms with E-state index in [1.807, 2.05) is 12.1 Å². The SMILES string of the molecule is Cc1ccc(F)c2c1[N+](=O)C(C(=O)Nc1cccc(C3CNC(=O)C3)c1)C2. The molecule has 2 unspecified atom stereocenters. The van der Waals surface area contributed by atoms with Gasteiger partial charge in [-0.1, -0.05) is 12.1 Å². The number of hydrogen-bond acceptors (Lipinski definition) is 3. The number of hydrogen-bond donors (Lipinski definition) is 2. The zero-order valence-corrected chi connectivity index (χ0v) is 14.8. The van der Waals surface area contributed by atoms with Gasteiger partial charge in [0, 0.05) is 35.0 Å². The van der Waals surface area contributed by atoms with Crippen molar-refractivity contribution in [3.8, 4) is 0 Å². The van der Waals surface area contributed by atoms with Gasteiger partial charge in [-0.3, -0.25) is 9.59 Å². The maximum atomic E-state index is 14.0. The van der Waals surface area contributed by atoms with Gasteiger partial charge in [0.25, 0.3) is 17.6 Å². The van der Waals surface area contributed by atoms with Crippen LogP contribution in [-0.4, -0.2) is 29.2 Å². The molecule has 0 bridgehead atoms. The first-order chi connectivity index (χ1) is 12.9. The van der Waals surface area contributed by atoms with Gasteiger partial charge in [-0.05, 0) is 36.8 Å². The van der Waals surface area contributed by atoms with Crippen LogP contribution >= 0.6 is 0 Å². The number of anilines is 1. The highest BCUT2D eigenvalue weighted by Gasteiger charge is 2.46. The molecule has 2 aliphatic heterocycles. The Morgan fingerprint density at radius 1 is 1.26 bits per heavy atom. The van der Waals surface area contributed by atoms with Crippen LogP contribution in [0.15, 0.2) is 36.4 Å². The highest BCUT2D eigenvalue weighted by atomic mass is 19.1. The molecule has 2 aliphatic rings. The van der Waals surface area contributed by atoms with Gasteiger partial charge in [0.05, 0.1) is 16.7 Å². The molecular formula is C20H19FN3O3+. The van der Waals surface area contributed by atoms with Crippen molar-refractivity contribution in [1.29, 1.82) is 0 Å². The minimum atomic E-state index is -1.01. The molecule has 2 aromatic carbocycles. The number of fused-ring (bicyclic) bond motifs is 1. The van der Waals surface area contributed by atoms with E-state index in [0.717, 1.165) is 5.56 Å². The predicted octanol–water partition coefficient (Wildman–Crippen LogP) is 2.71. The van der Waals surface area contributed by atoms with Crippen molar-refractivity contribution < 1.29 is 18.7 Å². The molecule has 2 atom stereocenters. The fourth-order valence-electron chi connectivity index (χ4n) is 3.80. The summed E-state index contributed by atoms with van der Waals surface area (Å²) in [6.45, 7) is 2.30. The normalized spacial score (nSPS) is 21.1. The molecule has 0 aliphatic carbocycles. The number of nitroso groups, excluding NO2 is 1. The van der Waals surface area contributed by atoms with Crippen LogP contribution in [0.25, 0.3) is 0 Å². The predicted molar refractivity (Wildman–Crippen MR) is 97.4 cm³/mol. The van der Waals surface area contributed by atoms with Gasteiger partial charge in [-0.15, -0.1) is 0 Å². The minimum absolute atomic E-state index is 0.0116. The van der Waals surface area contributed by atoms with E-state index in [9.17, 15) is 18.9 Å². The summed E-state index contributed by atoms with van der Waals surface area (Å²) in [5.74, 6) is -0.861. The van der Waals surface area contributed by atoms with E-state index in [0.29, 0.717) is 29.0 Å². The molecule has 1 fully saturated rings. The molecule has 2 N–H and O–H groups in total. The molecule has 7 heteroatoms. The van der Waals surface area contributed by atoms with Crippen LogP contribution in [0.5, 0.6) is 0 Å². The standard InChI is InChI=1S/C20H18FN3O3/c1-11-5-6-16(21)15-9-17(24(27)19(11)15)20(26)23-14-4-2-3-12(7-14)13-8-18(25)22-10-13/h2-7,13,17H,8-10H2,1H3,(H-,22,23,25,26)/p+1. The molecule has 0 radical (unpaired) electrons. The van der Waals surface area contributed by atoms with Crippen LogP contribution < -0.4 is 10.6 Å². The topological polar surface area (TPSA) is 78.3 Å². The molecular weight excluding hydrogens is 349 g/mol. The van der Waals surface area contributed by atoms with E-state index < -0.39 is 17.8 Å². The molecule has 4 rings (SSSR count). The number of amides is 2. The Kier molecular flexibility index (Phi) is 4.22. The van der Waals surface area contributed by atoms with Gasteiger partial charge in [0.15, 0.2) is 0 Å². The number of aryl methyl sites for hydroxylation is 1. The molecule has 6 nitrogen and oxygen atoms in total. The number of benzene rings is 2. The zero-order valence-electron chi connectivity index (χ0n) is 14.8. The molecule has 0 saturated carbocycles. The van der Waals surface area contributed by atoms with Gasteiger partial charge in [0.1, 0.15) is 5.82 Å². The number of rotatable bonds is 3. The first kappa shape index (κ1) is 17.3. The van der Waals surface area contributed by atoms with Crippen molar-refractivity contribution in [3.05, 3.63) is 63.8 Å². The van der Waals surface area contributed by atoms with Gasteiger partial charge in [-0.2, -0.15) is 0 Å². The van der Waals surface area contributed by atoms with Crippen molar-refractivity contribution in [1.82, 2.24) is 5.32 Å². The molecule has 2 heterocycles. The lowest BCUT2D eigenvalue weighted by molar-refractivity contribution is -0.480. The number of carbonyl (C=O) groups is 2. The fourth-order valence-corrected chi connectivity index (χ4v) is 3.80. The zero-order chi connectivity index (χ0) is 19.1. The maximum absolute atomic E-state index is 14.0. The number of carbonyl (C=O) groups excluding carboxylic acids is 2. The molecule has 2 aromatic rings. The largest absolute Gasteiger partial charge is 0.355 e. The summed E-state index contributed by atoms with van der Waals surface area (Å²) in [4.78, 5) is 36.6. The molecule has 0 spiro atoms. The number of nitrogens with one attached hydrogen (secondary N) is 2. The summed E-state index contributed by atoms with van der Waals surface area (Å²) in [5.41, 5.74) is 2.69. The average Bonchev–Trinajstić information content (AvgIpc) is 3.23. The Morgan fingerprint density at radius 2 is 2.07 bits per heavy atom. The number of nitrogens with zero attached hydrogens (tertiary/aromatic N) is 1. The first-order valence-corrected chi connectivity index (χ1v) is 8.86. The summed E-state index contributed by atoms with van der Waals surface area (Å²) < 4.78 is 14.6. The molecule has 0 aromatic heterocycles. The van der Waals surface area contributed by atoms with Crippen molar-refractivity contribution in [2.75, 3.05) is 11.9 Å². The Bertz CT molecular complexity index is 973. The van der Waals surface area contributed by atoms with Crippen molar-refractivity contribution in [2.45, 2.75) is 31.7 Å². The lowest BCUT2D eigenvalue weighted by atomic mass is 9.98. The molecule has 138 valence electrons. The second-order valence-corrected chi connectivity index (χ2v) is 7.06. The maximum Gasteiger partial charge on any atom is 0.298 e. The van der Waals surface area contributed by atoms with E-state index in [4.69, 9.17) is 0 Å². The van der Waals surface area contributed by atoms with Gasteiger partial charge < -0.3 is 10.6 Å². The van der Waals surface area contributed by atoms with Gasteiger partial charge in [0.2, 0.25) is 5.91 Å². The summed E-state index contributed by atoms with van der Waals surface area (Å²) in [6.07, 6.45) is 0.459. The second-order valence-electron chi connectivity index (χ2n) is 7.06. The Morgan fingerprint density at radius 3 is 2.78 bits per heavy atom. The third-order valence-corrected chi connectivity index (χ3v) is 5.23. The summed E-state index contributed by atoms with van der Waals surface area (Å²) >= 11 is 0. The summed E-state index contributed by atoms with van der Waals surface area (Å²) in [7, 11) is 0. The molecule has 1 saturated heterocycles. The Balaban J connectivity index is 1.52. The smallest absolute Gasteiger partial charge is 0.298 e. The van der Waals surface area contributed by atoms with Crippen LogP contribution in [0.1, 0.15) is 29.0 Å². The van der Waals surface area contributed by atoms with E-state index in [1.54, 1.807) is 25.1 Å². The monoisotopic (exact) mass is 368 g/mol. The van der Waals surface area contributed by atoms with Crippen molar-refractivity contribution in [2.24, 2.45) is 0 Å². The van der Waals surface area contributed by atoms with Crippen LogP contribution in [-0.2, 0) is 16.0 Å². The van der Waals surface area contributed by atoms with Gasteiger partial charge in [-0.25, -0.2) is 4.39 Å². The third kappa shape index (κ3) is 3.09. The van der Waals surface area contributed by atoms with Crippen LogP contribution in [0, 0.1) is 17.6 Å². The summed E-state index contributed by atoms with van der Waals surface area (Å²) in [5, 5.41) is 5.54. The van der Waals surface area contributed by atoms with Crippen LogP contribution in [0.4, 0.5) is 15.8 Å². The lowest BCUT2D eigenvalue weighted by Gasteiger charge is -2.11. The molecule has 2 amide bonds. The quantitative estimate of drug-likeness (QED) is 0.818. The number of halogens is 1. The van der Waals surface area contributed by atoms with Gasteiger partial charge >= 0.3 is 0 Å². The second kappa shape index (κ2) is 6.57. The van der Waals surface area contributed by atoms with Crippen molar-refractivity contribution >= 4 is 23.2 Å². The average molecular weight is 368 g/mol. The summed E-state index contributed by atoms with van der Waals surface area (Å²) in [6, 6.07) is 9.11. The van der Waals surface area contributed by atoms with E-state index >= 15 is 0 Å². The minimum Gasteiger partial charge on any atom is -0.355 e. The van der Waals surface area contributed by atoms with Crippen molar-refractivity contribution in [3.63, 3.8) is 0 Å². The first-order valence-electron chi connectivity index (χ1n) is 8.86. The lowest BCUT2D eigenvalue weighted by Crippen LogP contribution is -2.33. The van der Waals surface area contributed by atoms with Crippen LogP contribution in [0.2, 0.25) is 0 Å². The fraction of sp³-hybridized carbons (Fsp3) is 0.300. The van der Waals surface area contributed by atoms with E-state index in [2.05, 4.69) is 10.6 Å². The Hall–Kier alpha value is -3.09. The highest BCUT2D eigenvalue weighted by Crippen LogP contribution is 2.35. The highest BCUT2D eigenvalue weighted by molar-refractivity contribution is 5.95. The molecule has 27 heavy (non-hydrogen) atoms. The van der Waals surface area contributed by atoms with E-state index in [1.165, 1.54) is 6.07 Å². The van der Waals surface area contributed by atoms with Crippen LogP contribution in [0.3, 0.4) is 0 Å². The third-order valence-electron chi connectivity index (χ3n) is 5.23. The Labute approximate surface area is 155 Å².